The maximum atomic E-state index is 10.3. The summed E-state index contributed by atoms with van der Waals surface area (Å²) in [6.07, 6.45) is 16.8. The van der Waals surface area contributed by atoms with E-state index in [1.807, 2.05) is 18.7 Å². The Balaban J connectivity index is 0.00000361. The molecule has 0 atom stereocenters. The predicted octanol–water partition coefficient (Wildman–Crippen LogP) is 4.29. The van der Waals surface area contributed by atoms with E-state index >= 15 is 0 Å². The van der Waals surface area contributed by atoms with Crippen LogP contribution in [0.15, 0.2) is 18.7 Å². The van der Waals surface area contributed by atoms with Gasteiger partial charge in [0.05, 0.1) is 6.33 Å². The van der Waals surface area contributed by atoms with Crippen molar-refractivity contribution in [2.45, 2.75) is 70.8 Å². The molecule has 116 valence electrons. The standard InChI is InChI=1S/C15H26N2O2.ClH/c18-15(19)10-8-6-4-2-1-3-5-7-9-12-17-13-11-16-14-17;/h11,13-14H,1-10,12H2,(H,18,19);1H. The highest BCUT2D eigenvalue weighted by Gasteiger charge is 1.97. The minimum Gasteiger partial charge on any atom is -0.481 e. The summed E-state index contributed by atoms with van der Waals surface area (Å²) in [6.45, 7) is 1.08. The van der Waals surface area contributed by atoms with E-state index in [0.717, 1.165) is 19.4 Å². The van der Waals surface area contributed by atoms with Gasteiger partial charge < -0.3 is 9.67 Å². The molecule has 1 rings (SSSR count). The Morgan fingerprint density at radius 3 is 2.00 bits per heavy atom. The molecular weight excluding hydrogens is 276 g/mol. The van der Waals surface area contributed by atoms with E-state index in [1.165, 1.54) is 44.9 Å². The van der Waals surface area contributed by atoms with E-state index in [-0.39, 0.29) is 12.4 Å². The monoisotopic (exact) mass is 302 g/mol. The van der Waals surface area contributed by atoms with Gasteiger partial charge in [-0.3, -0.25) is 4.79 Å². The van der Waals surface area contributed by atoms with Crippen LogP contribution in [0.2, 0.25) is 0 Å². The van der Waals surface area contributed by atoms with Crippen LogP contribution in [0.5, 0.6) is 0 Å². The minimum absolute atomic E-state index is 0. The highest BCUT2D eigenvalue weighted by Crippen LogP contribution is 2.11. The summed E-state index contributed by atoms with van der Waals surface area (Å²) in [5, 5.41) is 8.50. The van der Waals surface area contributed by atoms with Crippen molar-refractivity contribution >= 4 is 18.4 Å². The quantitative estimate of drug-likeness (QED) is 0.586. The van der Waals surface area contributed by atoms with Gasteiger partial charge >= 0.3 is 5.97 Å². The summed E-state index contributed by atoms with van der Waals surface area (Å²) in [5.41, 5.74) is 0. The molecule has 20 heavy (non-hydrogen) atoms. The molecule has 0 fully saturated rings. The van der Waals surface area contributed by atoms with Crippen LogP contribution in [-0.4, -0.2) is 20.6 Å². The predicted molar refractivity (Wildman–Crippen MR) is 83.3 cm³/mol. The molecule has 4 nitrogen and oxygen atoms in total. The average molecular weight is 303 g/mol. The summed E-state index contributed by atoms with van der Waals surface area (Å²) >= 11 is 0. The number of halogens is 1. The van der Waals surface area contributed by atoms with Crippen molar-refractivity contribution in [3.63, 3.8) is 0 Å². The fourth-order valence-electron chi connectivity index (χ4n) is 2.23. The summed E-state index contributed by atoms with van der Waals surface area (Å²) < 4.78 is 2.13. The van der Waals surface area contributed by atoms with E-state index in [4.69, 9.17) is 5.11 Å². The fourth-order valence-corrected chi connectivity index (χ4v) is 2.23. The van der Waals surface area contributed by atoms with E-state index in [9.17, 15) is 4.79 Å². The first-order valence-electron chi connectivity index (χ1n) is 7.46. The lowest BCUT2D eigenvalue weighted by molar-refractivity contribution is -0.137. The Labute approximate surface area is 128 Å². The summed E-state index contributed by atoms with van der Waals surface area (Å²) in [7, 11) is 0. The summed E-state index contributed by atoms with van der Waals surface area (Å²) in [5.74, 6) is -0.669. The lowest BCUT2D eigenvalue weighted by Crippen LogP contribution is -1.94. The van der Waals surface area contributed by atoms with E-state index in [1.54, 1.807) is 0 Å². The second kappa shape index (κ2) is 13.0. The molecule has 0 saturated heterocycles. The summed E-state index contributed by atoms with van der Waals surface area (Å²) in [4.78, 5) is 14.3. The van der Waals surface area contributed by atoms with Gasteiger partial charge in [0.25, 0.3) is 0 Å². The SMILES string of the molecule is Cl.O=C(O)CCCCCCCCCCCn1ccnc1. The van der Waals surface area contributed by atoms with Crippen molar-refractivity contribution < 1.29 is 9.90 Å². The lowest BCUT2D eigenvalue weighted by Gasteiger charge is -2.03. The Kier molecular flexibility index (Phi) is 12.3. The van der Waals surface area contributed by atoms with Gasteiger partial charge in [0, 0.05) is 25.4 Å². The molecule has 0 amide bonds. The summed E-state index contributed by atoms with van der Waals surface area (Å²) in [6, 6.07) is 0. The third kappa shape index (κ3) is 10.9. The van der Waals surface area contributed by atoms with Crippen molar-refractivity contribution in [1.29, 1.82) is 0 Å². The number of nitrogens with zero attached hydrogens (tertiary/aromatic N) is 2. The first kappa shape index (κ1) is 19.0. The van der Waals surface area contributed by atoms with Gasteiger partial charge in [-0.1, -0.05) is 44.9 Å². The maximum absolute atomic E-state index is 10.3. The van der Waals surface area contributed by atoms with Gasteiger partial charge in [-0.15, -0.1) is 12.4 Å². The van der Waals surface area contributed by atoms with Gasteiger partial charge in [0.15, 0.2) is 0 Å². The first-order chi connectivity index (χ1) is 9.29. The molecule has 5 heteroatoms. The normalized spacial score (nSPS) is 10.2. The zero-order chi connectivity index (χ0) is 13.8. The number of unbranched alkanes of at least 4 members (excludes halogenated alkanes) is 8. The Hall–Kier alpha value is -1.03. The maximum Gasteiger partial charge on any atom is 0.303 e. The van der Waals surface area contributed by atoms with E-state index in [0.29, 0.717) is 6.42 Å². The number of aliphatic carboxylic acids is 1. The number of aryl methyl sites for hydroxylation is 1. The smallest absolute Gasteiger partial charge is 0.303 e. The number of carboxylic acids is 1. The molecular formula is C15H27ClN2O2. The lowest BCUT2D eigenvalue weighted by atomic mass is 10.1. The molecule has 0 spiro atoms. The fraction of sp³-hybridized carbons (Fsp3) is 0.733. The molecule has 0 bridgehead atoms. The first-order valence-corrected chi connectivity index (χ1v) is 7.46. The molecule has 0 aromatic carbocycles. The largest absolute Gasteiger partial charge is 0.481 e. The molecule has 1 aromatic heterocycles. The molecule has 0 radical (unpaired) electrons. The van der Waals surface area contributed by atoms with Gasteiger partial charge in [0.2, 0.25) is 0 Å². The zero-order valence-corrected chi connectivity index (χ0v) is 13.0. The second-order valence-electron chi connectivity index (χ2n) is 5.13. The van der Waals surface area contributed by atoms with Crippen LogP contribution in [0.4, 0.5) is 0 Å². The highest BCUT2D eigenvalue weighted by molar-refractivity contribution is 5.85. The molecule has 0 saturated carbocycles. The van der Waals surface area contributed by atoms with Crippen LogP contribution >= 0.6 is 12.4 Å². The van der Waals surface area contributed by atoms with Crippen molar-refractivity contribution in [2.24, 2.45) is 0 Å². The second-order valence-corrected chi connectivity index (χ2v) is 5.13. The van der Waals surface area contributed by atoms with Gasteiger partial charge in [-0.05, 0) is 12.8 Å². The average Bonchev–Trinajstić information content (AvgIpc) is 2.88. The van der Waals surface area contributed by atoms with Gasteiger partial charge in [-0.25, -0.2) is 4.98 Å². The molecule has 0 aliphatic carbocycles. The third-order valence-electron chi connectivity index (χ3n) is 3.37. The zero-order valence-electron chi connectivity index (χ0n) is 12.2. The molecule has 0 aliphatic rings. The van der Waals surface area contributed by atoms with Crippen LogP contribution in [0.3, 0.4) is 0 Å². The molecule has 0 unspecified atom stereocenters. The molecule has 1 N–H and O–H groups in total. The van der Waals surface area contributed by atoms with Crippen molar-refractivity contribution in [2.75, 3.05) is 0 Å². The number of aromatic nitrogens is 2. The number of rotatable bonds is 12. The van der Waals surface area contributed by atoms with Crippen LogP contribution in [0, 0.1) is 0 Å². The Bertz CT molecular complexity index is 329. The number of carbonyl (C=O) groups is 1. The van der Waals surface area contributed by atoms with Crippen molar-refractivity contribution in [1.82, 2.24) is 9.55 Å². The number of imidazole rings is 1. The van der Waals surface area contributed by atoms with Gasteiger partial charge in [-0.2, -0.15) is 0 Å². The Morgan fingerprint density at radius 1 is 0.950 bits per heavy atom. The van der Waals surface area contributed by atoms with Crippen LogP contribution in [-0.2, 0) is 11.3 Å². The number of hydrogen-bond acceptors (Lipinski definition) is 2. The van der Waals surface area contributed by atoms with Gasteiger partial charge in [0.1, 0.15) is 0 Å². The molecule has 0 aliphatic heterocycles. The topological polar surface area (TPSA) is 55.1 Å². The van der Waals surface area contributed by atoms with Crippen LogP contribution in [0.1, 0.15) is 64.2 Å². The number of carboxylic acid groups (broad SMARTS) is 1. The molecule has 1 heterocycles. The minimum atomic E-state index is -0.669. The number of hydrogen-bond donors (Lipinski definition) is 1. The van der Waals surface area contributed by atoms with Crippen molar-refractivity contribution in [3.05, 3.63) is 18.7 Å². The van der Waals surface area contributed by atoms with E-state index in [2.05, 4.69) is 9.55 Å². The van der Waals surface area contributed by atoms with Crippen molar-refractivity contribution in [3.8, 4) is 0 Å². The van der Waals surface area contributed by atoms with E-state index < -0.39 is 5.97 Å². The van der Waals surface area contributed by atoms with Crippen LogP contribution in [0.25, 0.3) is 0 Å². The molecule has 1 aromatic rings. The highest BCUT2D eigenvalue weighted by atomic mass is 35.5. The third-order valence-corrected chi connectivity index (χ3v) is 3.37. The van der Waals surface area contributed by atoms with Crippen LogP contribution < -0.4 is 0 Å². The Morgan fingerprint density at radius 2 is 1.50 bits per heavy atom.